The quantitative estimate of drug-likeness (QED) is 0.371. The molecule has 0 aromatic carbocycles. The molecule has 0 heterocycles. The van der Waals surface area contributed by atoms with Gasteiger partial charge in [-0.2, -0.15) is 0 Å². The van der Waals surface area contributed by atoms with Gasteiger partial charge in [0.2, 0.25) is 5.91 Å². The summed E-state index contributed by atoms with van der Waals surface area (Å²) < 4.78 is 0. The predicted molar refractivity (Wildman–Crippen MR) is 93.6 cm³/mol. The molecule has 0 radical (unpaired) electrons. The Morgan fingerprint density at radius 2 is 1.24 bits per heavy atom. The molecule has 2 heteroatoms. The smallest absolute Gasteiger partial charge is 0.222 e. The second-order valence-electron chi connectivity index (χ2n) is 6.95. The lowest BCUT2D eigenvalue weighted by molar-refractivity contribution is -0.130. The minimum atomic E-state index is 0.319. The van der Waals surface area contributed by atoms with E-state index in [9.17, 15) is 4.79 Å². The molecular weight excluding hydrogens is 258 g/mol. The van der Waals surface area contributed by atoms with E-state index in [1.54, 1.807) is 0 Å². The number of amides is 1. The third-order valence-electron chi connectivity index (χ3n) is 4.06. The normalized spacial score (nSPS) is 11.1. The highest BCUT2D eigenvalue weighted by Gasteiger charge is 2.09. The third-order valence-corrected chi connectivity index (χ3v) is 4.06. The van der Waals surface area contributed by atoms with E-state index in [-0.39, 0.29) is 0 Å². The monoisotopic (exact) mass is 297 g/mol. The van der Waals surface area contributed by atoms with Gasteiger partial charge in [-0.3, -0.25) is 4.79 Å². The van der Waals surface area contributed by atoms with Crippen molar-refractivity contribution in [3.05, 3.63) is 0 Å². The average Bonchev–Trinajstić information content (AvgIpc) is 2.43. The lowest BCUT2D eigenvalue weighted by Crippen LogP contribution is -2.29. The molecule has 0 aliphatic heterocycles. The van der Waals surface area contributed by atoms with Crippen LogP contribution < -0.4 is 0 Å². The van der Waals surface area contributed by atoms with Crippen LogP contribution in [0.25, 0.3) is 0 Å². The van der Waals surface area contributed by atoms with Crippen molar-refractivity contribution >= 4 is 5.91 Å². The average molecular weight is 298 g/mol. The van der Waals surface area contributed by atoms with E-state index in [0.717, 1.165) is 19.4 Å². The summed E-state index contributed by atoms with van der Waals surface area (Å²) in [6, 6.07) is 0. The largest absolute Gasteiger partial charge is 0.346 e. The third kappa shape index (κ3) is 14.2. The Hall–Kier alpha value is -0.530. The van der Waals surface area contributed by atoms with E-state index in [2.05, 4.69) is 20.8 Å². The highest BCUT2D eigenvalue weighted by atomic mass is 16.2. The molecule has 0 unspecified atom stereocenters. The van der Waals surface area contributed by atoms with Crippen LogP contribution in [0.15, 0.2) is 0 Å². The molecule has 0 N–H and O–H groups in total. The van der Waals surface area contributed by atoms with E-state index in [4.69, 9.17) is 0 Å². The van der Waals surface area contributed by atoms with Gasteiger partial charge in [-0.15, -0.1) is 0 Å². The molecule has 21 heavy (non-hydrogen) atoms. The maximum absolute atomic E-state index is 11.9. The van der Waals surface area contributed by atoms with Crippen LogP contribution in [0.3, 0.4) is 0 Å². The number of hydrogen-bond acceptors (Lipinski definition) is 1. The van der Waals surface area contributed by atoms with Crippen molar-refractivity contribution in [1.29, 1.82) is 0 Å². The van der Waals surface area contributed by atoms with Crippen LogP contribution in [-0.2, 0) is 4.79 Å². The molecule has 0 saturated carbocycles. The standard InChI is InChI=1S/C19H39NO/c1-5-6-7-8-9-10-11-12-13-14-15-16-19(21)20(4)17-18(2)3/h18H,5-17H2,1-4H3. The zero-order chi connectivity index (χ0) is 15.9. The Morgan fingerprint density at radius 3 is 1.67 bits per heavy atom. The molecule has 0 fully saturated rings. The van der Waals surface area contributed by atoms with Crippen LogP contribution in [0.1, 0.15) is 97.8 Å². The van der Waals surface area contributed by atoms with Crippen molar-refractivity contribution in [2.75, 3.05) is 13.6 Å². The molecule has 0 aromatic rings. The lowest BCUT2D eigenvalue weighted by atomic mass is 10.1. The van der Waals surface area contributed by atoms with Gasteiger partial charge in [-0.05, 0) is 12.3 Å². The first-order chi connectivity index (χ1) is 10.1. The van der Waals surface area contributed by atoms with Crippen LogP contribution in [0.2, 0.25) is 0 Å². The fraction of sp³-hybridized carbons (Fsp3) is 0.947. The molecule has 0 saturated heterocycles. The summed E-state index contributed by atoms with van der Waals surface area (Å²) >= 11 is 0. The Kier molecular flexibility index (Phi) is 14.0. The number of rotatable bonds is 14. The summed E-state index contributed by atoms with van der Waals surface area (Å²) in [5, 5.41) is 0. The van der Waals surface area contributed by atoms with Crippen molar-refractivity contribution in [3.63, 3.8) is 0 Å². The molecule has 0 spiro atoms. The molecule has 0 aliphatic carbocycles. The first-order valence-corrected chi connectivity index (χ1v) is 9.31. The zero-order valence-electron chi connectivity index (χ0n) is 15.1. The van der Waals surface area contributed by atoms with E-state index in [1.165, 1.54) is 64.2 Å². The Labute approximate surface area is 133 Å². The van der Waals surface area contributed by atoms with Gasteiger partial charge in [0.25, 0.3) is 0 Å². The zero-order valence-corrected chi connectivity index (χ0v) is 15.1. The Bertz CT molecular complexity index is 238. The first kappa shape index (κ1) is 20.5. The molecule has 2 nitrogen and oxygen atoms in total. The van der Waals surface area contributed by atoms with E-state index in [1.807, 2.05) is 11.9 Å². The van der Waals surface area contributed by atoms with Crippen LogP contribution in [-0.4, -0.2) is 24.4 Å². The van der Waals surface area contributed by atoms with Crippen LogP contribution >= 0.6 is 0 Å². The first-order valence-electron chi connectivity index (χ1n) is 9.31. The molecule has 126 valence electrons. The number of carbonyl (C=O) groups is 1. The Morgan fingerprint density at radius 1 is 0.810 bits per heavy atom. The maximum atomic E-state index is 11.9. The van der Waals surface area contributed by atoms with Gasteiger partial charge in [-0.1, -0.05) is 85.0 Å². The highest BCUT2D eigenvalue weighted by Crippen LogP contribution is 2.12. The second kappa shape index (κ2) is 14.4. The molecular formula is C19H39NO. The van der Waals surface area contributed by atoms with Crippen LogP contribution in [0.4, 0.5) is 0 Å². The molecule has 0 bridgehead atoms. The predicted octanol–water partition coefficient (Wildman–Crippen LogP) is 5.80. The molecule has 1 amide bonds. The second-order valence-corrected chi connectivity index (χ2v) is 6.95. The summed E-state index contributed by atoms with van der Waals surface area (Å²) in [6.07, 6.45) is 15.5. The summed E-state index contributed by atoms with van der Waals surface area (Å²) in [7, 11) is 1.93. The lowest BCUT2D eigenvalue weighted by Gasteiger charge is -2.19. The summed E-state index contributed by atoms with van der Waals surface area (Å²) in [6.45, 7) is 7.47. The van der Waals surface area contributed by atoms with Gasteiger partial charge in [0, 0.05) is 20.0 Å². The summed E-state index contributed by atoms with van der Waals surface area (Å²) in [5.74, 6) is 0.885. The molecule has 0 aliphatic rings. The van der Waals surface area contributed by atoms with Gasteiger partial charge in [0.1, 0.15) is 0 Å². The van der Waals surface area contributed by atoms with E-state index in [0.29, 0.717) is 11.8 Å². The topological polar surface area (TPSA) is 20.3 Å². The number of hydrogen-bond donors (Lipinski definition) is 0. The van der Waals surface area contributed by atoms with E-state index >= 15 is 0 Å². The van der Waals surface area contributed by atoms with Crippen LogP contribution in [0, 0.1) is 5.92 Å². The Balaban J connectivity index is 3.26. The SMILES string of the molecule is CCCCCCCCCCCCCC(=O)N(C)CC(C)C. The van der Waals surface area contributed by atoms with Crippen molar-refractivity contribution in [3.8, 4) is 0 Å². The van der Waals surface area contributed by atoms with Gasteiger partial charge in [-0.25, -0.2) is 0 Å². The van der Waals surface area contributed by atoms with Gasteiger partial charge < -0.3 is 4.90 Å². The van der Waals surface area contributed by atoms with Crippen molar-refractivity contribution in [2.45, 2.75) is 97.8 Å². The van der Waals surface area contributed by atoms with E-state index < -0.39 is 0 Å². The van der Waals surface area contributed by atoms with Gasteiger partial charge >= 0.3 is 0 Å². The molecule has 0 rings (SSSR count). The van der Waals surface area contributed by atoms with Gasteiger partial charge in [0.05, 0.1) is 0 Å². The minimum absolute atomic E-state index is 0.319. The number of nitrogens with zero attached hydrogens (tertiary/aromatic N) is 1. The van der Waals surface area contributed by atoms with Crippen molar-refractivity contribution < 1.29 is 4.79 Å². The molecule has 0 atom stereocenters. The fourth-order valence-electron chi connectivity index (χ4n) is 2.78. The highest BCUT2D eigenvalue weighted by molar-refractivity contribution is 5.75. The summed E-state index contributed by atoms with van der Waals surface area (Å²) in [4.78, 5) is 13.8. The number of unbranched alkanes of at least 4 members (excludes halogenated alkanes) is 10. The van der Waals surface area contributed by atoms with Gasteiger partial charge in [0.15, 0.2) is 0 Å². The maximum Gasteiger partial charge on any atom is 0.222 e. The van der Waals surface area contributed by atoms with Crippen LogP contribution in [0.5, 0.6) is 0 Å². The summed E-state index contributed by atoms with van der Waals surface area (Å²) in [5.41, 5.74) is 0. The van der Waals surface area contributed by atoms with Crippen molar-refractivity contribution in [1.82, 2.24) is 4.90 Å². The number of carbonyl (C=O) groups excluding carboxylic acids is 1. The molecule has 0 aromatic heterocycles. The fourth-order valence-corrected chi connectivity index (χ4v) is 2.78. The van der Waals surface area contributed by atoms with Crippen molar-refractivity contribution in [2.24, 2.45) is 5.92 Å². The minimum Gasteiger partial charge on any atom is -0.346 e.